The van der Waals surface area contributed by atoms with Gasteiger partial charge in [0.2, 0.25) is 0 Å². The van der Waals surface area contributed by atoms with Crippen molar-refractivity contribution in [3.63, 3.8) is 0 Å². The van der Waals surface area contributed by atoms with E-state index in [0.717, 1.165) is 99.5 Å². The van der Waals surface area contributed by atoms with Crippen molar-refractivity contribution in [2.24, 2.45) is 0 Å². The van der Waals surface area contributed by atoms with E-state index < -0.39 is 0 Å². The zero-order valence-corrected chi connectivity index (χ0v) is 37.8. The van der Waals surface area contributed by atoms with Crippen LogP contribution >= 0.6 is 0 Å². The highest BCUT2D eigenvalue weighted by Gasteiger charge is 2.22. The molecule has 0 bridgehead atoms. The Labute approximate surface area is 402 Å². The second-order valence-corrected chi connectivity index (χ2v) is 18.5. The Hall–Kier alpha value is -9.38. The highest BCUT2D eigenvalue weighted by atomic mass is 16.3. The van der Waals surface area contributed by atoms with Gasteiger partial charge in [0.05, 0.1) is 22.7 Å². The van der Waals surface area contributed by atoms with Crippen molar-refractivity contribution >= 4 is 143 Å². The van der Waals surface area contributed by atoms with Crippen molar-refractivity contribution in [3.05, 3.63) is 243 Å². The first-order chi connectivity index (χ1) is 34.7. The lowest BCUT2D eigenvalue weighted by Crippen LogP contribution is -2.11. The first kappa shape index (κ1) is 38.7. The van der Waals surface area contributed by atoms with Crippen LogP contribution in [0, 0.1) is 0 Å². The van der Waals surface area contributed by atoms with Gasteiger partial charge in [-0.05, 0) is 122 Å². The van der Waals surface area contributed by atoms with Crippen molar-refractivity contribution < 1.29 is 8.83 Å². The normalized spacial score (nSPS) is 12.0. The topological polar surface area (TPSA) is 32.8 Å². The summed E-state index contributed by atoms with van der Waals surface area (Å²) in [5, 5.41) is 18.4. The molecule has 0 aliphatic carbocycles. The molecular formula is C66H40N2O2. The molecule has 0 unspecified atom stereocenters. The Bertz CT molecular complexity index is 4170. The SMILES string of the molecule is c1ccc2c(N(c3ccc4cc5c(cc4c3)oc3cc4oc6cc7cc(N(c8cccc9ccccc89)c8cccc9ccccc89)ccc7cc6c4cc35)c3cccc4ccccc34)cccc2c1. The lowest BCUT2D eigenvalue weighted by molar-refractivity contribution is 0.656. The number of hydrogen-bond donors (Lipinski definition) is 0. The number of nitrogens with zero attached hydrogens (tertiary/aromatic N) is 2. The molecule has 2 aromatic heterocycles. The zero-order chi connectivity index (χ0) is 45.9. The third-order valence-corrected chi connectivity index (χ3v) is 14.5. The van der Waals surface area contributed by atoms with Gasteiger partial charge in [0, 0.05) is 60.5 Å². The van der Waals surface area contributed by atoms with Crippen molar-refractivity contribution in [2.45, 2.75) is 0 Å². The maximum absolute atomic E-state index is 6.74. The van der Waals surface area contributed by atoms with E-state index in [-0.39, 0.29) is 0 Å². The lowest BCUT2D eigenvalue weighted by Gasteiger charge is -2.28. The maximum Gasteiger partial charge on any atom is 0.139 e. The molecule has 0 radical (unpaired) electrons. The van der Waals surface area contributed by atoms with Gasteiger partial charge < -0.3 is 18.6 Å². The van der Waals surface area contributed by atoms with E-state index >= 15 is 0 Å². The minimum atomic E-state index is 0.804. The molecule has 0 fully saturated rings. The minimum Gasteiger partial charge on any atom is -0.456 e. The van der Waals surface area contributed by atoms with Crippen molar-refractivity contribution in [2.75, 3.05) is 9.80 Å². The molecule has 0 aliphatic rings. The number of fused-ring (bicyclic) bond motifs is 12. The van der Waals surface area contributed by atoms with Crippen LogP contribution in [-0.4, -0.2) is 0 Å². The number of anilines is 6. The van der Waals surface area contributed by atoms with Gasteiger partial charge in [-0.15, -0.1) is 0 Å². The maximum atomic E-state index is 6.74. The first-order valence-corrected chi connectivity index (χ1v) is 23.9. The van der Waals surface area contributed by atoms with Crippen LogP contribution in [0.15, 0.2) is 251 Å². The monoisotopic (exact) mass is 892 g/mol. The van der Waals surface area contributed by atoms with E-state index in [0.29, 0.717) is 0 Å². The predicted octanol–water partition coefficient (Wildman–Crippen LogP) is 19.3. The number of rotatable bonds is 6. The molecule has 4 nitrogen and oxygen atoms in total. The molecule has 15 aromatic rings. The average molecular weight is 893 g/mol. The molecule has 15 rings (SSSR count). The van der Waals surface area contributed by atoms with Gasteiger partial charge in [-0.1, -0.05) is 158 Å². The summed E-state index contributed by atoms with van der Waals surface area (Å²) in [5.41, 5.74) is 9.97. The lowest BCUT2D eigenvalue weighted by atomic mass is 10.0. The fourth-order valence-corrected chi connectivity index (χ4v) is 11.2. The van der Waals surface area contributed by atoms with E-state index in [9.17, 15) is 0 Å². The van der Waals surface area contributed by atoms with Crippen LogP contribution in [0.4, 0.5) is 34.1 Å². The molecule has 2 heterocycles. The summed E-state index contributed by atoms with van der Waals surface area (Å²) in [4.78, 5) is 4.81. The molecule has 0 atom stereocenters. The summed E-state index contributed by atoms with van der Waals surface area (Å²) in [6.07, 6.45) is 0. The molecule has 4 heteroatoms. The largest absolute Gasteiger partial charge is 0.456 e. The average Bonchev–Trinajstić information content (AvgIpc) is 3.94. The third-order valence-electron chi connectivity index (χ3n) is 14.5. The van der Waals surface area contributed by atoms with Crippen molar-refractivity contribution in [1.29, 1.82) is 0 Å². The van der Waals surface area contributed by atoms with Crippen LogP contribution in [0.1, 0.15) is 0 Å². The molecule has 0 saturated heterocycles. The van der Waals surface area contributed by atoms with Gasteiger partial charge in [-0.2, -0.15) is 0 Å². The van der Waals surface area contributed by atoms with Crippen LogP contribution in [-0.2, 0) is 0 Å². The van der Waals surface area contributed by atoms with Gasteiger partial charge in [0.1, 0.15) is 22.3 Å². The molecule has 0 amide bonds. The predicted molar refractivity (Wildman–Crippen MR) is 295 cm³/mol. The fourth-order valence-electron chi connectivity index (χ4n) is 11.2. The van der Waals surface area contributed by atoms with Crippen molar-refractivity contribution in [1.82, 2.24) is 0 Å². The van der Waals surface area contributed by atoms with E-state index in [1.165, 1.54) is 43.1 Å². The zero-order valence-electron chi connectivity index (χ0n) is 37.8. The molecule has 70 heavy (non-hydrogen) atoms. The summed E-state index contributed by atoms with van der Waals surface area (Å²) < 4.78 is 13.5. The van der Waals surface area contributed by atoms with Crippen LogP contribution in [0.5, 0.6) is 0 Å². The summed E-state index contributed by atoms with van der Waals surface area (Å²) in [6.45, 7) is 0. The van der Waals surface area contributed by atoms with Gasteiger partial charge in [0.15, 0.2) is 0 Å². The highest BCUT2D eigenvalue weighted by molar-refractivity contribution is 6.19. The van der Waals surface area contributed by atoms with Crippen LogP contribution < -0.4 is 9.80 Å². The number of benzene rings is 13. The molecule has 0 aliphatic heterocycles. The standard InChI is InChI=1S/C66H40N2O2/c1-5-21-51-41(13-1)17-9-25-59(51)67(60-26-10-18-42-14-2-6-22-52(42)60)49-31-29-45-35-55-57-39-58-56-36-46-30-32-50(34-48(46)38-64(56)70-66(58)40-65(57)69-63(55)37-47(45)33-49)68(61-27-11-19-43-15-3-7-23-53(43)61)62-28-12-20-44-16-4-8-24-54(44)62/h1-40H. The summed E-state index contributed by atoms with van der Waals surface area (Å²) in [7, 11) is 0. The Morgan fingerprint density at radius 3 is 0.886 bits per heavy atom. The molecule has 326 valence electrons. The van der Waals surface area contributed by atoms with E-state index in [1.54, 1.807) is 0 Å². The Balaban J connectivity index is 0.854. The molecule has 0 N–H and O–H groups in total. The molecule has 0 saturated carbocycles. The number of furan rings is 2. The third kappa shape index (κ3) is 5.97. The highest BCUT2D eigenvalue weighted by Crippen LogP contribution is 2.46. The van der Waals surface area contributed by atoms with Crippen LogP contribution in [0.25, 0.3) is 109 Å². The summed E-state index contributed by atoms with van der Waals surface area (Å²) in [5.74, 6) is 0. The van der Waals surface area contributed by atoms with Gasteiger partial charge in [-0.25, -0.2) is 0 Å². The van der Waals surface area contributed by atoms with E-state index in [2.05, 4.69) is 252 Å². The Kier molecular flexibility index (Phi) is 8.33. The van der Waals surface area contributed by atoms with Gasteiger partial charge in [0.25, 0.3) is 0 Å². The molecular weight excluding hydrogens is 853 g/mol. The fraction of sp³-hybridized carbons (Fsp3) is 0. The minimum absolute atomic E-state index is 0.804. The van der Waals surface area contributed by atoms with Gasteiger partial charge in [-0.3, -0.25) is 0 Å². The van der Waals surface area contributed by atoms with Crippen LogP contribution in [0.3, 0.4) is 0 Å². The Morgan fingerprint density at radius 1 is 0.200 bits per heavy atom. The van der Waals surface area contributed by atoms with Crippen LogP contribution in [0.2, 0.25) is 0 Å². The first-order valence-electron chi connectivity index (χ1n) is 23.9. The molecule has 13 aromatic carbocycles. The summed E-state index contributed by atoms with van der Waals surface area (Å²) >= 11 is 0. The van der Waals surface area contributed by atoms with Crippen molar-refractivity contribution in [3.8, 4) is 0 Å². The van der Waals surface area contributed by atoms with Gasteiger partial charge >= 0.3 is 0 Å². The second-order valence-electron chi connectivity index (χ2n) is 18.5. The quantitative estimate of drug-likeness (QED) is 0.166. The van der Waals surface area contributed by atoms with E-state index in [1.807, 2.05) is 0 Å². The molecule has 0 spiro atoms. The van der Waals surface area contributed by atoms with E-state index in [4.69, 9.17) is 8.83 Å². The number of hydrogen-bond acceptors (Lipinski definition) is 4. The Morgan fingerprint density at radius 2 is 0.514 bits per heavy atom. The smallest absolute Gasteiger partial charge is 0.139 e. The summed E-state index contributed by atoms with van der Waals surface area (Å²) in [6, 6.07) is 87.7. The second kappa shape index (κ2) is 15.1.